The van der Waals surface area contributed by atoms with Crippen molar-refractivity contribution < 1.29 is 14.7 Å². The van der Waals surface area contributed by atoms with Crippen molar-refractivity contribution in [3.63, 3.8) is 0 Å². The van der Waals surface area contributed by atoms with Crippen LogP contribution in [0, 0.1) is 6.92 Å². The molecule has 0 amide bonds. The van der Waals surface area contributed by atoms with E-state index in [1.165, 1.54) is 23.1 Å². The van der Waals surface area contributed by atoms with Crippen LogP contribution < -0.4 is 0 Å². The van der Waals surface area contributed by atoms with Crippen LogP contribution in [0.4, 0.5) is 0 Å². The minimum absolute atomic E-state index is 0.0347. The van der Waals surface area contributed by atoms with Crippen LogP contribution in [-0.4, -0.2) is 32.1 Å². The molecule has 17 heavy (non-hydrogen) atoms. The first kappa shape index (κ1) is 11.0. The summed E-state index contributed by atoms with van der Waals surface area (Å²) in [6.07, 6.45) is 4.95. The zero-order valence-electron chi connectivity index (χ0n) is 8.99. The molecular weight excluding hydrogens is 222 g/mol. The lowest BCUT2D eigenvalue weighted by molar-refractivity contribution is 0.0696. The number of carboxylic acids is 1. The summed E-state index contributed by atoms with van der Waals surface area (Å²) in [5.74, 6) is -1.09. The van der Waals surface area contributed by atoms with Gasteiger partial charge in [0.15, 0.2) is 6.29 Å². The van der Waals surface area contributed by atoms with Crippen LogP contribution in [0.25, 0.3) is 5.69 Å². The van der Waals surface area contributed by atoms with Crippen molar-refractivity contribution in [2.24, 2.45) is 0 Å². The second-order valence-corrected chi connectivity index (χ2v) is 3.46. The van der Waals surface area contributed by atoms with Gasteiger partial charge in [-0.15, -0.1) is 0 Å². The maximum Gasteiger partial charge on any atom is 0.339 e. The third-order valence-electron chi connectivity index (χ3n) is 2.32. The average Bonchev–Trinajstić information content (AvgIpc) is 2.70. The summed E-state index contributed by atoms with van der Waals surface area (Å²) < 4.78 is 1.37. The molecule has 2 heterocycles. The summed E-state index contributed by atoms with van der Waals surface area (Å²) >= 11 is 0. The molecule has 6 heteroatoms. The molecule has 0 aromatic carbocycles. The highest BCUT2D eigenvalue weighted by Gasteiger charge is 2.13. The lowest BCUT2D eigenvalue weighted by Gasteiger charge is -2.04. The minimum Gasteiger partial charge on any atom is -0.478 e. The second kappa shape index (κ2) is 4.17. The van der Waals surface area contributed by atoms with E-state index in [0.29, 0.717) is 17.5 Å². The van der Waals surface area contributed by atoms with E-state index in [-0.39, 0.29) is 11.3 Å². The third kappa shape index (κ3) is 1.92. The van der Waals surface area contributed by atoms with Crippen LogP contribution in [0.3, 0.4) is 0 Å². The predicted octanol–water partition coefficient (Wildman–Crippen LogP) is 1.09. The second-order valence-electron chi connectivity index (χ2n) is 3.46. The van der Waals surface area contributed by atoms with Crippen molar-refractivity contribution in [3.8, 4) is 5.69 Å². The Kier molecular flexibility index (Phi) is 2.70. The van der Waals surface area contributed by atoms with Gasteiger partial charge in [-0.1, -0.05) is 0 Å². The molecule has 6 nitrogen and oxygen atoms in total. The molecule has 1 N–H and O–H groups in total. The molecule has 2 aromatic heterocycles. The van der Waals surface area contributed by atoms with Gasteiger partial charge in [-0.05, 0) is 18.6 Å². The van der Waals surface area contributed by atoms with Gasteiger partial charge in [-0.25, -0.2) is 9.48 Å². The van der Waals surface area contributed by atoms with Crippen molar-refractivity contribution in [1.82, 2.24) is 14.8 Å². The molecule has 0 aliphatic rings. The number of nitrogens with zero attached hydrogens (tertiary/aromatic N) is 3. The van der Waals surface area contributed by atoms with Crippen LogP contribution in [-0.2, 0) is 0 Å². The number of carboxylic acid groups (broad SMARTS) is 1. The Morgan fingerprint density at radius 1 is 1.53 bits per heavy atom. The molecule has 2 aromatic rings. The van der Waals surface area contributed by atoms with Gasteiger partial charge in [0.05, 0.1) is 5.69 Å². The van der Waals surface area contributed by atoms with Crippen molar-refractivity contribution in [2.45, 2.75) is 6.92 Å². The number of pyridine rings is 1. The minimum atomic E-state index is -1.09. The van der Waals surface area contributed by atoms with Crippen molar-refractivity contribution in [2.75, 3.05) is 0 Å². The van der Waals surface area contributed by atoms with Crippen LogP contribution in [0.5, 0.6) is 0 Å². The van der Waals surface area contributed by atoms with Crippen LogP contribution in [0.15, 0.2) is 24.7 Å². The molecule has 0 spiro atoms. The van der Waals surface area contributed by atoms with Gasteiger partial charge in [-0.2, -0.15) is 5.10 Å². The lowest BCUT2D eigenvalue weighted by Crippen LogP contribution is -2.06. The fraction of sp³-hybridized carbons (Fsp3) is 0.0909. The number of carbonyl (C=O) groups excluding carboxylic acids is 1. The number of carbonyl (C=O) groups is 2. The van der Waals surface area contributed by atoms with E-state index >= 15 is 0 Å². The molecule has 0 bridgehead atoms. The van der Waals surface area contributed by atoms with Crippen molar-refractivity contribution in [3.05, 3.63) is 41.5 Å². The molecule has 2 rings (SSSR count). The summed E-state index contributed by atoms with van der Waals surface area (Å²) in [6, 6.07) is 1.53. The highest BCUT2D eigenvalue weighted by molar-refractivity contribution is 5.91. The summed E-state index contributed by atoms with van der Waals surface area (Å²) in [5, 5.41) is 13.0. The predicted molar refractivity (Wildman–Crippen MR) is 58.4 cm³/mol. The Labute approximate surface area is 96.5 Å². The smallest absolute Gasteiger partial charge is 0.339 e. The Balaban J connectivity index is 2.59. The first-order valence-electron chi connectivity index (χ1n) is 4.82. The fourth-order valence-electron chi connectivity index (χ4n) is 1.46. The highest BCUT2D eigenvalue weighted by atomic mass is 16.4. The molecule has 0 radical (unpaired) electrons. The number of aldehydes is 1. The first-order valence-corrected chi connectivity index (χ1v) is 4.82. The standard InChI is InChI=1S/C11H9N3O3/c1-7-5-14(13-9(7)6-15)10-2-3-12-4-8(10)11(16)17/h2-6H,1H3,(H,16,17). The van der Waals surface area contributed by atoms with Gasteiger partial charge in [0.2, 0.25) is 0 Å². The SMILES string of the molecule is Cc1cn(-c2ccncc2C(=O)O)nc1C=O. The molecular formula is C11H9N3O3. The molecule has 86 valence electrons. The number of aryl methyl sites for hydroxylation is 1. The average molecular weight is 231 g/mol. The van der Waals surface area contributed by atoms with E-state index in [1.807, 2.05) is 0 Å². The molecule has 0 fully saturated rings. The van der Waals surface area contributed by atoms with Gasteiger partial charge in [-0.3, -0.25) is 9.78 Å². The van der Waals surface area contributed by atoms with E-state index in [2.05, 4.69) is 10.1 Å². The van der Waals surface area contributed by atoms with Crippen molar-refractivity contribution >= 4 is 12.3 Å². The number of hydrogen-bond acceptors (Lipinski definition) is 4. The van der Waals surface area contributed by atoms with Gasteiger partial charge in [0, 0.05) is 18.6 Å². The highest BCUT2D eigenvalue weighted by Crippen LogP contribution is 2.14. The Morgan fingerprint density at radius 3 is 2.88 bits per heavy atom. The number of hydrogen-bond donors (Lipinski definition) is 1. The van der Waals surface area contributed by atoms with E-state index in [0.717, 1.165) is 0 Å². The lowest BCUT2D eigenvalue weighted by atomic mass is 10.2. The largest absolute Gasteiger partial charge is 0.478 e. The van der Waals surface area contributed by atoms with E-state index in [4.69, 9.17) is 5.11 Å². The van der Waals surface area contributed by atoms with Crippen LogP contribution in [0.2, 0.25) is 0 Å². The van der Waals surface area contributed by atoms with E-state index < -0.39 is 5.97 Å². The first-order chi connectivity index (χ1) is 8.13. The molecule has 0 saturated heterocycles. The maximum absolute atomic E-state index is 11.0. The van der Waals surface area contributed by atoms with Gasteiger partial charge >= 0.3 is 5.97 Å². The van der Waals surface area contributed by atoms with Crippen molar-refractivity contribution in [1.29, 1.82) is 0 Å². The zero-order valence-corrected chi connectivity index (χ0v) is 8.99. The van der Waals surface area contributed by atoms with Gasteiger partial charge in [0.25, 0.3) is 0 Å². The number of aromatic nitrogens is 3. The zero-order chi connectivity index (χ0) is 12.4. The summed E-state index contributed by atoms with van der Waals surface area (Å²) in [7, 11) is 0. The summed E-state index contributed by atoms with van der Waals surface area (Å²) in [4.78, 5) is 25.4. The van der Waals surface area contributed by atoms with Gasteiger partial charge in [0.1, 0.15) is 11.3 Å². The Bertz CT molecular complexity index is 589. The molecule has 0 unspecified atom stereocenters. The maximum atomic E-state index is 11.0. The van der Waals surface area contributed by atoms with E-state index in [1.54, 1.807) is 13.1 Å². The fourth-order valence-corrected chi connectivity index (χ4v) is 1.46. The van der Waals surface area contributed by atoms with Gasteiger partial charge < -0.3 is 5.11 Å². The quantitative estimate of drug-likeness (QED) is 0.799. The summed E-state index contributed by atoms with van der Waals surface area (Å²) in [6.45, 7) is 1.73. The number of aromatic carboxylic acids is 1. The summed E-state index contributed by atoms with van der Waals surface area (Å²) in [5.41, 5.74) is 1.39. The van der Waals surface area contributed by atoms with Crippen LogP contribution in [0.1, 0.15) is 26.4 Å². The third-order valence-corrected chi connectivity index (χ3v) is 2.32. The molecule has 0 saturated carbocycles. The molecule has 0 aliphatic carbocycles. The topological polar surface area (TPSA) is 85.1 Å². The molecule has 0 aliphatic heterocycles. The molecule has 0 atom stereocenters. The van der Waals surface area contributed by atoms with E-state index in [9.17, 15) is 9.59 Å². The number of rotatable bonds is 3. The van der Waals surface area contributed by atoms with Crippen LogP contribution >= 0.6 is 0 Å². The Morgan fingerprint density at radius 2 is 2.29 bits per heavy atom. The Hall–Kier alpha value is -2.50. The normalized spacial score (nSPS) is 10.2. The monoisotopic (exact) mass is 231 g/mol.